The summed E-state index contributed by atoms with van der Waals surface area (Å²) in [5, 5.41) is 0. The van der Waals surface area contributed by atoms with Crippen LogP contribution in [0, 0.1) is 5.92 Å². The first-order chi connectivity index (χ1) is 8.95. The second-order valence-electron chi connectivity index (χ2n) is 5.65. The first kappa shape index (κ1) is 15.2. The van der Waals surface area contributed by atoms with Gasteiger partial charge >= 0.3 is 0 Å². The van der Waals surface area contributed by atoms with Crippen LogP contribution in [0.5, 0.6) is 0 Å². The largest absolute Gasteiger partial charge is 0.375 e. The summed E-state index contributed by atoms with van der Waals surface area (Å²) in [5.41, 5.74) is 5.65. The van der Waals surface area contributed by atoms with E-state index in [-0.39, 0.29) is 12.1 Å². The van der Waals surface area contributed by atoms with Gasteiger partial charge in [0.25, 0.3) is 10.2 Å². The van der Waals surface area contributed by atoms with Gasteiger partial charge in [-0.3, -0.25) is 0 Å². The number of nitrogens with two attached hydrogens (primary N) is 1. The number of rotatable bonds is 3. The number of hydrogen-bond acceptors (Lipinski definition) is 4. The molecule has 2 rings (SSSR count). The highest BCUT2D eigenvalue weighted by atomic mass is 32.2. The zero-order valence-electron chi connectivity index (χ0n) is 11.8. The molecule has 0 aliphatic carbocycles. The van der Waals surface area contributed by atoms with E-state index < -0.39 is 10.2 Å². The maximum Gasteiger partial charge on any atom is 0.282 e. The van der Waals surface area contributed by atoms with Crippen molar-refractivity contribution in [2.24, 2.45) is 11.7 Å². The Kier molecular flexibility index (Phi) is 4.84. The minimum absolute atomic E-state index is 0.0347. The molecule has 0 spiro atoms. The molecule has 0 unspecified atom stereocenters. The Balaban J connectivity index is 2.05. The SMILES string of the molecule is C[C@@H]1CN(S(=O)(=O)N2CCC(CN)CC2)[C@H](C)CO1. The summed E-state index contributed by atoms with van der Waals surface area (Å²) in [5.74, 6) is 0.465. The molecule has 0 aromatic heterocycles. The molecule has 2 fully saturated rings. The molecule has 2 atom stereocenters. The standard InChI is InChI=1S/C12H25N3O3S/c1-10-9-18-11(2)8-15(10)19(16,17)14-5-3-12(7-13)4-6-14/h10-12H,3-9,13H2,1-2H3/t10-,11-/m1/s1. The molecule has 2 N–H and O–H groups in total. The molecule has 6 nitrogen and oxygen atoms in total. The van der Waals surface area contributed by atoms with Crippen LogP contribution in [0.1, 0.15) is 26.7 Å². The van der Waals surface area contributed by atoms with Crippen molar-refractivity contribution in [2.45, 2.75) is 38.8 Å². The summed E-state index contributed by atoms with van der Waals surface area (Å²) in [6.45, 7) is 6.55. The van der Waals surface area contributed by atoms with Crippen LogP contribution in [0.3, 0.4) is 0 Å². The first-order valence-electron chi connectivity index (χ1n) is 7.03. The van der Waals surface area contributed by atoms with Crippen molar-refractivity contribution in [2.75, 3.05) is 32.8 Å². The highest BCUT2D eigenvalue weighted by Gasteiger charge is 2.38. The maximum absolute atomic E-state index is 12.7. The fourth-order valence-electron chi connectivity index (χ4n) is 2.72. The number of hydrogen-bond donors (Lipinski definition) is 1. The summed E-state index contributed by atoms with van der Waals surface area (Å²) >= 11 is 0. The lowest BCUT2D eigenvalue weighted by Crippen LogP contribution is -2.56. The van der Waals surface area contributed by atoms with Gasteiger partial charge in [-0.1, -0.05) is 0 Å². The van der Waals surface area contributed by atoms with Crippen LogP contribution in [-0.4, -0.2) is 62.0 Å². The molecule has 112 valence electrons. The minimum atomic E-state index is -3.35. The Bertz CT molecular complexity index is 393. The summed E-state index contributed by atoms with van der Waals surface area (Å²) in [4.78, 5) is 0. The topological polar surface area (TPSA) is 75.9 Å². The van der Waals surface area contributed by atoms with Gasteiger partial charge in [0.15, 0.2) is 0 Å². The van der Waals surface area contributed by atoms with E-state index in [1.165, 1.54) is 0 Å². The maximum atomic E-state index is 12.7. The average Bonchev–Trinajstić information content (AvgIpc) is 2.41. The number of piperidine rings is 1. The first-order valence-corrected chi connectivity index (χ1v) is 8.43. The van der Waals surface area contributed by atoms with E-state index in [1.54, 1.807) is 8.61 Å². The second-order valence-corrected chi connectivity index (χ2v) is 7.53. The Hall–Kier alpha value is -0.210. The highest BCUT2D eigenvalue weighted by Crippen LogP contribution is 2.24. The Morgan fingerprint density at radius 1 is 1.26 bits per heavy atom. The van der Waals surface area contributed by atoms with E-state index >= 15 is 0 Å². The lowest BCUT2D eigenvalue weighted by atomic mass is 9.99. The molecule has 7 heteroatoms. The van der Waals surface area contributed by atoms with E-state index in [1.807, 2.05) is 13.8 Å². The molecule has 2 saturated heterocycles. The van der Waals surface area contributed by atoms with Crippen molar-refractivity contribution in [3.05, 3.63) is 0 Å². The van der Waals surface area contributed by atoms with Crippen molar-refractivity contribution in [1.82, 2.24) is 8.61 Å². The van der Waals surface area contributed by atoms with Gasteiger partial charge < -0.3 is 10.5 Å². The summed E-state index contributed by atoms with van der Waals surface area (Å²) < 4.78 is 34.0. The average molecular weight is 291 g/mol. The highest BCUT2D eigenvalue weighted by molar-refractivity contribution is 7.86. The fourth-order valence-corrected chi connectivity index (χ4v) is 4.60. The van der Waals surface area contributed by atoms with Gasteiger partial charge in [-0.15, -0.1) is 0 Å². The number of ether oxygens (including phenoxy) is 1. The van der Waals surface area contributed by atoms with Crippen LogP contribution in [0.4, 0.5) is 0 Å². The van der Waals surface area contributed by atoms with Crippen LogP contribution in [0.25, 0.3) is 0 Å². The molecule has 19 heavy (non-hydrogen) atoms. The molecular formula is C12H25N3O3S. The van der Waals surface area contributed by atoms with Crippen molar-refractivity contribution in [3.63, 3.8) is 0 Å². The van der Waals surface area contributed by atoms with Gasteiger partial charge in [-0.05, 0) is 39.2 Å². The number of nitrogens with zero attached hydrogens (tertiary/aromatic N) is 2. The Morgan fingerprint density at radius 3 is 2.47 bits per heavy atom. The number of morpholine rings is 1. The second kappa shape index (κ2) is 6.05. The van der Waals surface area contributed by atoms with E-state index in [9.17, 15) is 8.42 Å². The third-order valence-electron chi connectivity index (χ3n) is 4.08. The fraction of sp³-hybridized carbons (Fsp3) is 1.00. The Morgan fingerprint density at radius 2 is 1.89 bits per heavy atom. The van der Waals surface area contributed by atoms with Gasteiger partial charge in [0.05, 0.1) is 12.7 Å². The molecule has 0 bridgehead atoms. The van der Waals surface area contributed by atoms with E-state index in [0.29, 0.717) is 38.7 Å². The van der Waals surface area contributed by atoms with Gasteiger partial charge in [0.2, 0.25) is 0 Å². The minimum Gasteiger partial charge on any atom is -0.375 e. The van der Waals surface area contributed by atoms with Gasteiger partial charge in [0, 0.05) is 25.7 Å². The van der Waals surface area contributed by atoms with E-state index in [0.717, 1.165) is 12.8 Å². The normalized spacial score (nSPS) is 32.6. The molecule has 2 aliphatic heterocycles. The van der Waals surface area contributed by atoms with E-state index in [4.69, 9.17) is 10.5 Å². The van der Waals surface area contributed by atoms with Crippen LogP contribution in [-0.2, 0) is 14.9 Å². The van der Waals surface area contributed by atoms with Crippen molar-refractivity contribution >= 4 is 10.2 Å². The van der Waals surface area contributed by atoms with Crippen molar-refractivity contribution in [1.29, 1.82) is 0 Å². The summed E-state index contributed by atoms with van der Waals surface area (Å²) in [6.07, 6.45) is 1.70. The summed E-state index contributed by atoms with van der Waals surface area (Å²) in [6, 6.07) is -0.0894. The smallest absolute Gasteiger partial charge is 0.282 e. The molecule has 0 amide bonds. The van der Waals surface area contributed by atoms with E-state index in [2.05, 4.69) is 0 Å². The molecule has 0 radical (unpaired) electrons. The lowest BCUT2D eigenvalue weighted by molar-refractivity contribution is -0.0194. The van der Waals surface area contributed by atoms with Crippen molar-refractivity contribution < 1.29 is 13.2 Å². The predicted molar refractivity (Wildman–Crippen MR) is 73.9 cm³/mol. The zero-order chi connectivity index (χ0) is 14.0. The van der Waals surface area contributed by atoms with Crippen LogP contribution in [0.2, 0.25) is 0 Å². The third kappa shape index (κ3) is 3.28. The molecule has 0 saturated carbocycles. The monoisotopic (exact) mass is 291 g/mol. The van der Waals surface area contributed by atoms with Gasteiger partial charge in [0.1, 0.15) is 0 Å². The quantitative estimate of drug-likeness (QED) is 0.795. The summed E-state index contributed by atoms with van der Waals surface area (Å²) in [7, 11) is -3.35. The molecular weight excluding hydrogens is 266 g/mol. The van der Waals surface area contributed by atoms with Gasteiger partial charge in [-0.25, -0.2) is 0 Å². The molecule has 2 heterocycles. The molecule has 2 aliphatic rings. The Labute approximate surface area is 116 Å². The van der Waals surface area contributed by atoms with Crippen molar-refractivity contribution in [3.8, 4) is 0 Å². The molecule has 0 aromatic rings. The third-order valence-corrected chi connectivity index (χ3v) is 6.20. The van der Waals surface area contributed by atoms with Crippen LogP contribution < -0.4 is 5.73 Å². The lowest BCUT2D eigenvalue weighted by Gasteiger charge is -2.40. The molecule has 0 aromatic carbocycles. The van der Waals surface area contributed by atoms with Gasteiger partial charge in [-0.2, -0.15) is 17.0 Å². The zero-order valence-corrected chi connectivity index (χ0v) is 12.6. The van der Waals surface area contributed by atoms with Crippen LogP contribution in [0.15, 0.2) is 0 Å². The van der Waals surface area contributed by atoms with Crippen LogP contribution >= 0.6 is 0 Å². The predicted octanol–water partition coefficient (Wildman–Crippen LogP) is 0.0111.